The van der Waals surface area contributed by atoms with E-state index in [1.165, 1.54) is 6.08 Å². The van der Waals surface area contributed by atoms with Gasteiger partial charge < -0.3 is 20.1 Å². The molecule has 0 unspecified atom stereocenters. The number of hydrogen-bond acceptors (Lipinski definition) is 4. The molecule has 3 N–H and O–H groups in total. The molecule has 120 valence electrons. The van der Waals surface area contributed by atoms with Crippen molar-refractivity contribution in [2.75, 3.05) is 12.3 Å². The molecule has 0 spiro atoms. The fraction of sp³-hybridized carbons (Fsp3) is 0.467. The molecule has 0 bridgehead atoms. The molecule has 0 aliphatic carbocycles. The van der Waals surface area contributed by atoms with Crippen LogP contribution in [0.4, 0.5) is 14.5 Å². The molecule has 1 aromatic carbocycles. The van der Waals surface area contributed by atoms with E-state index in [1.54, 1.807) is 0 Å². The Morgan fingerprint density at radius 3 is 2.23 bits per heavy atom. The highest BCUT2D eigenvalue weighted by atomic mass is 19.1. The summed E-state index contributed by atoms with van der Waals surface area (Å²) in [4.78, 5) is 0. The van der Waals surface area contributed by atoms with Crippen LogP contribution in [0.2, 0.25) is 0 Å². The Balaban J connectivity index is 2.36. The van der Waals surface area contributed by atoms with E-state index in [1.807, 2.05) is 27.7 Å². The van der Waals surface area contributed by atoms with Gasteiger partial charge in [0.1, 0.15) is 11.6 Å². The molecule has 1 aromatic rings. The van der Waals surface area contributed by atoms with Gasteiger partial charge in [-0.15, -0.1) is 0 Å². The van der Waals surface area contributed by atoms with Gasteiger partial charge >= 0.3 is 7.12 Å². The van der Waals surface area contributed by atoms with Gasteiger partial charge in [0.05, 0.1) is 23.5 Å². The van der Waals surface area contributed by atoms with E-state index in [2.05, 4.69) is 0 Å². The highest BCUT2D eigenvalue weighted by molar-refractivity contribution is 6.55. The lowest BCUT2D eigenvalue weighted by Gasteiger charge is -2.32. The van der Waals surface area contributed by atoms with E-state index in [-0.39, 0.29) is 11.3 Å². The van der Waals surface area contributed by atoms with Crippen molar-refractivity contribution in [3.05, 3.63) is 34.8 Å². The second-order valence-electron chi connectivity index (χ2n) is 6.36. The number of anilines is 1. The van der Waals surface area contributed by atoms with Crippen LogP contribution in [0.1, 0.15) is 33.3 Å². The van der Waals surface area contributed by atoms with Crippen molar-refractivity contribution in [3.63, 3.8) is 0 Å². The molecule has 0 saturated carbocycles. The summed E-state index contributed by atoms with van der Waals surface area (Å²) in [5.74, 6) is -1.40. The number of halogens is 2. The standard InChI is InChI=1S/C15H20BF2NO3/c1-14(2)15(3,4)22-16(21-14)10(8-20)5-9-6-12(18)13(19)7-11(9)17/h5-7,20H,8,19H2,1-4H3. The zero-order valence-electron chi connectivity index (χ0n) is 13.1. The number of hydrogen-bond donors (Lipinski definition) is 2. The SMILES string of the molecule is CC1(C)OB(C(=Cc2cc(F)c(N)cc2F)CO)OC1(C)C. The molecule has 1 aliphatic heterocycles. The number of aliphatic hydroxyl groups excluding tert-OH is 1. The van der Waals surface area contributed by atoms with Crippen molar-refractivity contribution in [1.29, 1.82) is 0 Å². The number of benzene rings is 1. The number of rotatable bonds is 3. The average molecular weight is 311 g/mol. The molecule has 0 amide bonds. The Bertz CT molecular complexity index is 601. The van der Waals surface area contributed by atoms with E-state index in [9.17, 15) is 13.9 Å². The Morgan fingerprint density at radius 1 is 1.18 bits per heavy atom. The van der Waals surface area contributed by atoms with Gasteiger partial charge in [-0.05, 0) is 39.2 Å². The van der Waals surface area contributed by atoms with Crippen molar-refractivity contribution >= 4 is 18.9 Å². The molecule has 4 nitrogen and oxygen atoms in total. The van der Waals surface area contributed by atoms with Crippen molar-refractivity contribution in [2.45, 2.75) is 38.9 Å². The summed E-state index contributed by atoms with van der Waals surface area (Å²) in [7, 11) is -0.824. The summed E-state index contributed by atoms with van der Waals surface area (Å²) in [6.07, 6.45) is 1.32. The van der Waals surface area contributed by atoms with E-state index in [4.69, 9.17) is 15.0 Å². The van der Waals surface area contributed by atoms with Crippen LogP contribution >= 0.6 is 0 Å². The first kappa shape index (κ1) is 16.9. The zero-order chi connectivity index (χ0) is 16.7. The fourth-order valence-corrected chi connectivity index (χ4v) is 2.07. The smallest absolute Gasteiger partial charge is 0.400 e. The highest BCUT2D eigenvalue weighted by Gasteiger charge is 2.52. The molecule has 0 atom stereocenters. The molecular weight excluding hydrogens is 291 g/mol. The van der Waals surface area contributed by atoms with Crippen LogP contribution in [-0.4, -0.2) is 30.0 Å². The number of aliphatic hydroxyl groups is 1. The summed E-state index contributed by atoms with van der Waals surface area (Å²) in [5, 5.41) is 9.53. The van der Waals surface area contributed by atoms with Gasteiger partial charge in [0.25, 0.3) is 0 Å². The minimum absolute atomic E-state index is 0.0227. The predicted molar refractivity (Wildman–Crippen MR) is 81.9 cm³/mol. The first-order valence-electron chi connectivity index (χ1n) is 6.99. The maximum Gasteiger partial charge on any atom is 0.492 e. The summed E-state index contributed by atoms with van der Waals surface area (Å²) >= 11 is 0. The maximum absolute atomic E-state index is 13.9. The molecule has 1 saturated heterocycles. The molecule has 1 heterocycles. The zero-order valence-corrected chi connectivity index (χ0v) is 13.1. The van der Waals surface area contributed by atoms with Crippen molar-refractivity contribution < 1.29 is 23.2 Å². The lowest BCUT2D eigenvalue weighted by Crippen LogP contribution is -2.41. The van der Waals surface area contributed by atoms with E-state index in [0.29, 0.717) is 5.47 Å². The Labute approximate surface area is 129 Å². The second-order valence-corrected chi connectivity index (χ2v) is 6.36. The van der Waals surface area contributed by atoms with Gasteiger partial charge in [0.2, 0.25) is 0 Å². The molecule has 7 heteroatoms. The third kappa shape index (κ3) is 3.02. The van der Waals surface area contributed by atoms with Crippen LogP contribution < -0.4 is 5.73 Å². The quantitative estimate of drug-likeness (QED) is 0.665. The predicted octanol–water partition coefficient (Wildman–Crippen LogP) is 2.55. The van der Waals surface area contributed by atoms with Crippen LogP contribution in [0, 0.1) is 11.6 Å². The van der Waals surface area contributed by atoms with Gasteiger partial charge in [0.15, 0.2) is 0 Å². The topological polar surface area (TPSA) is 64.7 Å². The summed E-state index contributed by atoms with van der Waals surface area (Å²) < 4.78 is 38.9. The van der Waals surface area contributed by atoms with Gasteiger partial charge in [0, 0.05) is 11.6 Å². The Hall–Kier alpha value is -1.44. The molecule has 1 aliphatic rings. The lowest BCUT2D eigenvalue weighted by atomic mass is 9.77. The first-order valence-corrected chi connectivity index (χ1v) is 6.99. The van der Waals surface area contributed by atoms with Crippen molar-refractivity contribution in [2.24, 2.45) is 0 Å². The first-order chi connectivity index (χ1) is 10.1. The summed E-state index contributed by atoms with van der Waals surface area (Å²) in [5.41, 5.74) is 4.16. The van der Waals surface area contributed by atoms with Gasteiger partial charge in [-0.25, -0.2) is 8.78 Å². The van der Waals surface area contributed by atoms with Crippen LogP contribution in [0.25, 0.3) is 6.08 Å². The largest absolute Gasteiger partial charge is 0.492 e. The van der Waals surface area contributed by atoms with E-state index in [0.717, 1.165) is 12.1 Å². The normalized spacial score (nSPS) is 20.5. The molecule has 1 fully saturated rings. The number of nitrogen functional groups attached to an aromatic ring is 1. The van der Waals surface area contributed by atoms with Crippen molar-refractivity contribution in [3.8, 4) is 0 Å². The van der Waals surface area contributed by atoms with Gasteiger partial charge in [-0.2, -0.15) is 0 Å². The molecule has 2 rings (SSSR count). The van der Waals surface area contributed by atoms with Crippen LogP contribution in [0.3, 0.4) is 0 Å². The lowest BCUT2D eigenvalue weighted by molar-refractivity contribution is 0.00578. The third-order valence-electron chi connectivity index (χ3n) is 4.20. The van der Waals surface area contributed by atoms with Crippen LogP contribution in [-0.2, 0) is 9.31 Å². The summed E-state index contributed by atoms with van der Waals surface area (Å²) in [6, 6.07) is 1.88. The molecule has 0 aromatic heterocycles. The minimum atomic E-state index is -0.824. The van der Waals surface area contributed by atoms with Crippen molar-refractivity contribution in [1.82, 2.24) is 0 Å². The molecule has 0 radical (unpaired) electrons. The molecular formula is C15H20BF2NO3. The Kier molecular flexibility index (Phi) is 4.34. The average Bonchev–Trinajstić information content (AvgIpc) is 2.61. The Morgan fingerprint density at radius 2 is 1.73 bits per heavy atom. The summed E-state index contributed by atoms with van der Waals surface area (Å²) in [6.45, 7) is 7.07. The van der Waals surface area contributed by atoms with Gasteiger partial charge in [-0.1, -0.05) is 6.08 Å². The van der Waals surface area contributed by atoms with Crippen LogP contribution in [0.15, 0.2) is 17.6 Å². The number of nitrogens with two attached hydrogens (primary N) is 1. The van der Waals surface area contributed by atoms with Gasteiger partial charge in [-0.3, -0.25) is 0 Å². The fourth-order valence-electron chi connectivity index (χ4n) is 2.07. The van der Waals surface area contributed by atoms with Crippen LogP contribution in [0.5, 0.6) is 0 Å². The second kappa shape index (κ2) is 5.64. The third-order valence-corrected chi connectivity index (χ3v) is 4.20. The minimum Gasteiger partial charge on any atom is -0.400 e. The monoisotopic (exact) mass is 311 g/mol. The van der Waals surface area contributed by atoms with E-state index >= 15 is 0 Å². The maximum atomic E-state index is 13.9. The molecule has 22 heavy (non-hydrogen) atoms. The van der Waals surface area contributed by atoms with E-state index < -0.39 is 36.6 Å². The highest BCUT2D eigenvalue weighted by Crippen LogP contribution is 2.38.